The van der Waals surface area contributed by atoms with Gasteiger partial charge in [-0.15, -0.1) is 0 Å². The second kappa shape index (κ2) is 6.20. The number of hydrogen-bond donors (Lipinski definition) is 2. The molecular formula is C12H20N4O. The second-order valence-electron chi connectivity index (χ2n) is 4.10. The maximum absolute atomic E-state index is 11.5. The normalized spacial score (nSPS) is 12.0. The van der Waals surface area contributed by atoms with Crippen molar-refractivity contribution in [3.8, 4) is 0 Å². The highest BCUT2D eigenvalue weighted by Crippen LogP contribution is 2.18. The first-order valence-electron chi connectivity index (χ1n) is 5.65. The van der Waals surface area contributed by atoms with E-state index in [1.807, 2.05) is 24.9 Å². The molecule has 1 amide bonds. The Kier molecular flexibility index (Phi) is 4.90. The number of pyridine rings is 1. The summed E-state index contributed by atoms with van der Waals surface area (Å²) in [5.74, 6) is -0.0362. The molecule has 1 atom stereocenters. The predicted octanol–water partition coefficient (Wildman–Crippen LogP) is 0.359. The predicted molar refractivity (Wildman–Crippen MR) is 68.6 cm³/mol. The number of nitrogens with one attached hydrogen (secondary N) is 1. The summed E-state index contributed by atoms with van der Waals surface area (Å²) in [7, 11) is 3.59. The molecule has 0 aliphatic rings. The fourth-order valence-electron chi connectivity index (χ4n) is 1.77. The first-order chi connectivity index (χ1) is 8.10. The maximum Gasteiger partial charge on any atom is 0.224 e. The zero-order chi connectivity index (χ0) is 12.8. The third kappa shape index (κ3) is 3.42. The van der Waals surface area contributed by atoms with Gasteiger partial charge in [0.25, 0.3) is 0 Å². The van der Waals surface area contributed by atoms with Crippen LogP contribution < -0.4 is 16.0 Å². The van der Waals surface area contributed by atoms with Crippen molar-refractivity contribution >= 4 is 11.6 Å². The molecule has 1 unspecified atom stereocenters. The SMILES string of the molecule is CNC(=O)C(C)CN(C)c1cnccc1CN. The Hall–Kier alpha value is -1.62. The number of carbonyl (C=O) groups is 1. The van der Waals surface area contributed by atoms with Crippen molar-refractivity contribution in [3.05, 3.63) is 24.0 Å². The fraction of sp³-hybridized carbons (Fsp3) is 0.500. The average Bonchev–Trinajstić information content (AvgIpc) is 2.37. The van der Waals surface area contributed by atoms with E-state index in [0.717, 1.165) is 11.3 Å². The Bertz CT molecular complexity index is 381. The molecule has 1 heterocycles. The molecule has 17 heavy (non-hydrogen) atoms. The lowest BCUT2D eigenvalue weighted by Gasteiger charge is -2.24. The van der Waals surface area contributed by atoms with Crippen LogP contribution in [0.3, 0.4) is 0 Å². The van der Waals surface area contributed by atoms with Crippen LogP contribution in [0.5, 0.6) is 0 Å². The van der Waals surface area contributed by atoms with Crippen LogP contribution in [-0.2, 0) is 11.3 Å². The van der Waals surface area contributed by atoms with E-state index in [1.165, 1.54) is 0 Å². The van der Waals surface area contributed by atoms with Crippen molar-refractivity contribution in [2.75, 3.05) is 25.5 Å². The molecule has 5 heteroatoms. The van der Waals surface area contributed by atoms with E-state index in [4.69, 9.17) is 5.73 Å². The third-order valence-corrected chi connectivity index (χ3v) is 2.76. The highest BCUT2D eigenvalue weighted by molar-refractivity contribution is 5.78. The van der Waals surface area contributed by atoms with E-state index in [-0.39, 0.29) is 11.8 Å². The summed E-state index contributed by atoms with van der Waals surface area (Å²) in [6.07, 6.45) is 3.50. The lowest BCUT2D eigenvalue weighted by atomic mass is 10.1. The summed E-state index contributed by atoms with van der Waals surface area (Å²) in [5, 5.41) is 2.64. The summed E-state index contributed by atoms with van der Waals surface area (Å²) < 4.78 is 0. The van der Waals surface area contributed by atoms with Crippen LogP contribution in [0.25, 0.3) is 0 Å². The van der Waals surface area contributed by atoms with Crippen molar-refractivity contribution in [1.29, 1.82) is 0 Å². The topological polar surface area (TPSA) is 71.2 Å². The van der Waals surface area contributed by atoms with Gasteiger partial charge in [0, 0.05) is 33.4 Å². The number of nitrogens with zero attached hydrogens (tertiary/aromatic N) is 2. The summed E-state index contributed by atoms with van der Waals surface area (Å²) in [6, 6.07) is 1.90. The molecule has 1 aromatic heterocycles. The molecule has 94 valence electrons. The fourth-order valence-corrected chi connectivity index (χ4v) is 1.77. The second-order valence-corrected chi connectivity index (χ2v) is 4.10. The summed E-state index contributed by atoms with van der Waals surface area (Å²) in [5.41, 5.74) is 7.68. The molecule has 0 saturated carbocycles. The molecule has 0 saturated heterocycles. The molecule has 0 aliphatic carbocycles. The molecule has 0 aromatic carbocycles. The smallest absolute Gasteiger partial charge is 0.224 e. The van der Waals surface area contributed by atoms with Gasteiger partial charge in [-0.3, -0.25) is 9.78 Å². The van der Waals surface area contributed by atoms with Crippen LogP contribution in [-0.4, -0.2) is 31.5 Å². The average molecular weight is 236 g/mol. The first kappa shape index (κ1) is 13.4. The molecule has 5 nitrogen and oxygen atoms in total. The van der Waals surface area contributed by atoms with Gasteiger partial charge in [0.05, 0.1) is 17.8 Å². The summed E-state index contributed by atoms with van der Waals surface area (Å²) in [4.78, 5) is 17.6. The Labute approximate surface area is 102 Å². The number of aromatic nitrogens is 1. The largest absolute Gasteiger partial charge is 0.372 e. The highest BCUT2D eigenvalue weighted by Gasteiger charge is 2.15. The highest BCUT2D eigenvalue weighted by atomic mass is 16.1. The van der Waals surface area contributed by atoms with E-state index in [0.29, 0.717) is 13.1 Å². The molecular weight excluding hydrogens is 216 g/mol. The van der Waals surface area contributed by atoms with Gasteiger partial charge < -0.3 is 16.0 Å². The monoisotopic (exact) mass is 236 g/mol. The van der Waals surface area contributed by atoms with Crippen molar-refractivity contribution in [1.82, 2.24) is 10.3 Å². The van der Waals surface area contributed by atoms with Crippen LogP contribution in [0.2, 0.25) is 0 Å². The van der Waals surface area contributed by atoms with E-state index in [2.05, 4.69) is 10.3 Å². The van der Waals surface area contributed by atoms with Gasteiger partial charge in [-0.2, -0.15) is 0 Å². The van der Waals surface area contributed by atoms with Gasteiger partial charge in [-0.1, -0.05) is 6.92 Å². The number of hydrogen-bond acceptors (Lipinski definition) is 4. The molecule has 0 spiro atoms. The molecule has 3 N–H and O–H groups in total. The van der Waals surface area contributed by atoms with Crippen LogP contribution in [0, 0.1) is 5.92 Å². The minimum Gasteiger partial charge on any atom is -0.372 e. The number of amides is 1. The van der Waals surface area contributed by atoms with Crippen molar-refractivity contribution in [2.24, 2.45) is 11.7 Å². The Morgan fingerprint density at radius 1 is 1.65 bits per heavy atom. The molecule has 0 radical (unpaired) electrons. The van der Waals surface area contributed by atoms with E-state index in [9.17, 15) is 4.79 Å². The lowest BCUT2D eigenvalue weighted by Crippen LogP contribution is -2.34. The van der Waals surface area contributed by atoms with Gasteiger partial charge in [-0.25, -0.2) is 0 Å². The number of rotatable bonds is 5. The van der Waals surface area contributed by atoms with Crippen molar-refractivity contribution < 1.29 is 4.79 Å². The van der Waals surface area contributed by atoms with Gasteiger partial charge in [-0.05, 0) is 11.6 Å². The quantitative estimate of drug-likeness (QED) is 0.774. The van der Waals surface area contributed by atoms with Gasteiger partial charge in [0.2, 0.25) is 5.91 Å². The minimum absolute atomic E-state index is 0.0371. The first-order valence-corrected chi connectivity index (χ1v) is 5.65. The Morgan fingerprint density at radius 3 is 2.94 bits per heavy atom. The number of nitrogens with two attached hydrogens (primary N) is 1. The minimum atomic E-state index is -0.0733. The van der Waals surface area contributed by atoms with E-state index >= 15 is 0 Å². The zero-order valence-corrected chi connectivity index (χ0v) is 10.6. The molecule has 0 aliphatic heterocycles. The lowest BCUT2D eigenvalue weighted by molar-refractivity contribution is -0.123. The summed E-state index contributed by atoms with van der Waals surface area (Å²) >= 11 is 0. The zero-order valence-electron chi connectivity index (χ0n) is 10.6. The maximum atomic E-state index is 11.5. The van der Waals surface area contributed by atoms with E-state index in [1.54, 1.807) is 19.4 Å². The number of carbonyl (C=O) groups excluding carboxylic acids is 1. The van der Waals surface area contributed by atoms with Crippen LogP contribution in [0.15, 0.2) is 18.5 Å². The van der Waals surface area contributed by atoms with Crippen molar-refractivity contribution in [3.63, 3.8) is 0 Å². The summed E-state index contributed by atoms with van der Waals surface area (Å²) in [6.45, 7) is 3.00. The molecule has 0 fully saturated rings. The molecule has 1 rings (SSSR count). The third-order valence-electron chi connectivity index (χ3n) is 2.76. The van der Waals surface area contributed by atoms with Crippen molar-refractivity contribution in [2.45, 2.75) is 13.5 Å². The number of anilines is 1. The van der Waals surface area contributed by atoms with Crippen LogP contribution in [0.1, 0.15) is 12.5 Å². The van der Waals surface area contributed by atoms with Gasteiger partial charge in [0.15, 0.2) is 0 Å². The van der Waals surface area contributed by atoms with Gasteiger partial charge >= 0.3 is 0 Å². The Morgan fingerprint density at radius 2 is 2.35 bits per heavy atom. The van der Waals surface area contributed by atoms with Crippen LogP contribution >= 0.6 is 0 Å². The Balaban J connectivity index is 2.75. The van der Waals surface area contributed by atoms with Crippen LogP contribution in [0.4, 0.5) is 5.69 Å². The molecule has 1 aromatic rings. The molecule has 0 bridgehead atoms. The van der Waals surface area contributed by atoms with E-state index < -0.39 is 0 Å². The van der Waals surface area contributed by atoms with Gasteiger partial charge in [0.1, 0.15) is 0 Å². The standard InChI is InChI=1S/C12H20N4O/c1-9(12(17)14-2)8-16(3)11-7-15-5-4-10(11)6-13/h4-5,7,9H,6,8,13H2,1-3H3,(H,14,17).